The van der Waals surface area contributed by atoms with E-state index in [-0.39, 0.29) is 44.3 Å². The number of nitrogens with zero attached hydrogens (tertiary/aromatic N) is 1. The van der Waals surface area contributed by atoms with Gasteiger partial charge in [-0.1, -0.05) is 61.4 Å². The number of fused-ring (bicyclic) bond motifs is 1. The first kappa shape index (κ1) is 30.0. The summed E-state index contributed by atoms with van der Waals surface area (Å²) in [4.78, 5) is 42.0. The number of anilines is 1. The Kier molecular flexibility index (Phi) is 10.2. The number of hydrogen-bond acceptors (Lipinski definition) is 7. The van der Waals surface area contributed by atoms with E-state index in [1.54, 1.807) is 19.9 Å². The number of esters is 1. The third kappa shape index (κ3) is 7.19. The van der Waals surface area contributed by atoms with Crippen LogP contribution in [0.4, 0.5) is 5.69 Å². The second-order valence-corrected chi connectivity index (χ2v) is 12.4. The Morgan fingerprint density at radius 2 is 1.65 bits per heavy atom. The number of carbonyl (C=O) groups is 3. The Morgan fingerprint density at radius 1 is 1.00 bits per heavy atom. The standard InChI is InChI=1S/C30H39N2O7P/c1-3-38-40(36,39-4-2)22-30(18-10-11-19-30)29(35)31-25-17-16-24-14-8-9-15-26(24)32(28(25)34)20-27(33)37-21-23-12-6-5-7-13-23/h5-9,12-15,25H,3-4,10-11,16-22H2,1-2H3,(H,31,35)/t25-/m0/s1. The van der Waals surface area contributed by atoms with Crippen molar-refractivity contribution in [2.75, 3.05) is 30.8 Å². The fraction of sp³-hybridized carbons (Fsp3) is 0.500. The van der Waals surface area contributed by atoms with Gasteiger partial charge in [-0.25, -0.2) is 0 Å². The zero-order chi connectivity index (χ0) is 28.6. The molecule has 0 unspecified atom stereocenters. The third-order valence-electron chi connectivity index (χ3n) is 7.57. The zero-order valence-electron chi connectivity index (χ0n) is 23.3. The summed E-state index contributed by atoms with van der Waals surface area (Å²) < 4.78 is 29.9. The van der Waals surface area contributed by atoms with Crippen molar-refractivity contribution in [2.45, 2.75) is 65.0 Å². The smallest absolute Gasteiger partial charge is 0.331 e. The van der Waals surface area contributed by atoms with Gasteiger partial charge in [0.1, 0.15) is 19.2 Å². The highest BCUT2D eigenvalue weighted by Gasteiger charge is 2.48. The van der Waals surface area contributed by atoms with Gasteiger partial charge < -0.3 is 19.1 Å². The van der Waals surface area contributed by atoms with Gasteiger partial charge >= 0.3 is 13.6 Å². The van der Waals surface area contributed by atoms with Gasteiger partial charge in [-0.05, 0) is 56.7 Å². The van der Waals surface area contributed by atoms with Crippen LogP contribution in [0.2, 0.25) is 0 Å². The van der Waals surface area contributed by atoms with Crippen LogP contribution >= 0.6 is 7.60 Å². The number of rotatable bonds is 12. The number of amides is 2. The minimum Gasteiger partial charge on any atom is -0.459 e. The van der Waals surface area contributed by atoms with Crippen LogP contribution in [0.25, 0.3) is 0 Å². The van der Waals surface area contributed by atoms with Crippen LogP contribution < -0.4 is 10.2 Å². The summed E-state index contributed by atoms with van der Waals surface area (Å²) in [5.74, 6) is -1.23. The van der Waals surface area contributed by atoms with Crippen molar-refractivity contribution in [3.63, 3.8) is 0 Å². The molecule has 1 atom stereocenters. The molecule has 1 heterocycles. The van der Waals surface area contributed by atoms with E-state index in [4.69, 9.17) is 13.8 Å². The molecule has 0 saturated heterocycles. The van der Waals surface area contributed by atoms with Gasteiger partial charge in [0, 0.05) is 5.69 Å². The van der Waals surface area contributed by atoms with E-state index in [2.05, 4.69) is 5.32 Å². The molecule has 0 aromatic heterocycles. The molecule has 10 heteroatoms. The van der Waals surface area contributed by atoms with Crippen LogP contribution in [-0.4, -0.2) is 49.7 Å². The Morgan fingerprint density at radius 3 is 2.33 bits per heavy atom. The van der Waals surface area contributed by atoms with E-state index in [0.29, 0.717) is 31.4 Å². The lowest BCUT2D eigenvalue weighted by Crippen LogP contribution is -2.53. The van der Waals surface area contributed by atoms with E-state index in [1.807, 2.05) is 48.5 Å². The maximum Gasteiger partial charge on any atom is 0.331 e. The first-order valence-electron chi connectivity index (χ1n) is 14.1. The number of para-hydroxylation sites is 1. The lowest BCUT2D eigenvalue weighted by molar-refractivity contribution is -0.144. The molecule has 2 aromatic rings. The lowest BCUT2D eigenvalue weighted by Gasteiger charge is -2.33. The second-order valence-electron chi connectivity index (χ2n) is 10.4. The van der Waals surface area contributed by atoms with Gasteiger partial charge in [0.05, 0.1) is 24.8 Å². The van der Waals surface area contributed by atoms with Crippen molar-refractivity contribution < 1.29 is 32.7 Å². The molecular formula is C30H39N2O7P. The first-order chi connectivity index (χ1) is 19.3. The van der Waals surface area contributed by atoms with Crippen LogP contribution in [0.5, 0.6) is 0 Å². The topological polar surface area (TPSA) is 111 Å². The number of aryl methyl sites for hydroxylation is 1. The van der Waals surface area contributed by atoms with Crippen LogP contribution in [0.1, 0.15) is 57.1 Å². The van der Waals surface area contributed by atoms with E-state index in [1.165, 1.54) is 4.90 Å². The fourth-order valence-electron chi connectivity index (χ4n) is 5.64. The molecule has 216 valence electrons. The number of nitrogens with one attached hydrogen (secondary N) is 1. The van der Waals surface area contributed by atoms with Gasteiger partial charge in [-0.3, -0.25) is 23.8 Å². The summed E-state index contributed by atoms with van der Waals surface area (Å²) in [5, 5.41) is 2.98. The minimum atomic E-state index is -3.49. The minimum absolute atomic E-state index is 0.0236. The molecule has 1 saturated carbocycles. The summed E-state index contributed by atoms with van der Waals surface area (Å²) in [6, 6.07) is 15.9. The molecule has 9 nitrogen and oxygen atoms in total. The highest BCUT2D eigenvalue weighted by molar-refractivity contribution is 7.53. The van der Waals surface area contributed by atoms with Crippen LogP contribution in [-0.2, 0) is 45.8 Å². The molecule has 4 rings (SSSR count). The van der Waals surface area contributed by atoms with Crippen molar-refractivity contribution in [1.29, 1.82) is 0 Å². The number of carbonyl (C=O) groups excluding carboxylic acids is 3. The van der Waals surface area contributed by atoms with Crippen molar-refractivity contribution in [2.24, 2.45) is 5.41 Å². The summed E-state index contributed by atoms with van der Waals surface area (Å²) in [6.07, 6.45) is 3.61. The normalized spacial score (nSPS) is 18.6. The van der Waals surface area contributed by atoms with Crippen molar-refractivity contribution in [1.82, 2.24) is 5.32 Å². The third-order valence-corrected chi connectivity index (χ3v) is 9.87. The van der Waals surface area contributed by atoms with E-state index < -0.39 is 25.0 Å². The predicted octanol–water partition coefficient (Wildman–Crippen LogP) is 5.02. The Hall–Kier alpha value is -3.00. The predicted molar refractivity (Wildman–Crippen MR) is 152 cm³/mol. The zero-order valence-corrected chi connectivity index (χ0v) is 24.2. The van der Waals surface area contributed by atoms with Gasteiger partial charge in [0.25, 0.3) is 0 Å². The molecule has 40 heavy (non-hydrogen) atoms. The Labute approximate surface area is 236 Å². The SMILES string of the molecule is CCOP(=O)(CC1(C(=O)N[C@H]2CCc3ccccc3N(CC(=O)OCc3ccccc3)C2=O)CCCC1)OCC. The van der Waals surface area contributed by atoms with Gasteiger partial charge in [0.15, 0.2) is 0 Å². The van der Waals surface area contributed by atoms with Gasteiger partial charge in [0.2, 0.25) is 11.8 Å². The molecule has 1 aliphatic carbocycles. The fourth-order valence-corrected chi connectivity index (χ4v) is 7.88. The van der Waals surface area contributed by atoms with Crippen molar-refractivity contribution >= 4 is 31.1 Å². The average Bonchev–Trinajstić information content (AvgIpc) is 3.38. The maximum atomic E-state index is 13.9. The van der Waals surface area contributed by atoms with Crippen LogP contribution in [0.15, 0.2) is 54.6 Å². The molecule has 2 aliphatic rings. The molecule has 2 amide bonds. The summed E-state index contributed by atoms with van der Waals surface area (Å²) >= 11 is 0. The number of benzene rings is 2. The maximum absolute atomic E-state index is 13.9. The molecular weight excluding hydrogens is 531 g/mol. The molecule has 1 N–H and O–H groups in total. The van der Waals surface area contributed by atoms with Gasteiger partial charge in [-0.15, -0.1) is 0 Å². The van der Waals surface area contributed by atoms with E-state index in [0.717, 1.165) is 24.0 Å². The molecule has 2 aromatic carbocycles. The molecule has 0 spiro atoms. The molecule has 0 radical (unpaired) electrons. The first-order valence-corrected chi connectivity index (χ1v) is 15.8. The van der Waals surface area contributed by atoms with E-state index in [9.17, 15) is 18.9 Å². The molecule has 1 fully saturated rings. The summed E-state index contributed by atoms with van der Waals surface area (Å²) in [5.41, 5.74) is 1.45. The number of hydrogen-bond donors (Lipinski definition) is 1. The van der Waals surface area contributed by atoms with Gasteiger partial charge in [-0.2, -0.15) is 0 Å². The Balaban J connectivity index is 1.52. The summed E-state index contributed by atoms with van der Waals surface area (Å²) in [6.45, 7) is 3.74. The highest BCUT2D eigenvalue weighted by Crippen LogP contribution is 2.56. The summed E-state index contributed by atoms with van der Waals surface area (Å²) in [7, 11) is -3.49. The van der Waals surface area contributed by atoms with Crippen LogP contribution in [0.3, 0.4) is 0 Å². The van der Waals surface area contributed by atoms with Crippen molar-refractivity contribution in [3.8, 4) is 0 Å². The van der Waals surface area contributed by atoms with E-state index >= 15 is 0 Å². The lowest BCUT2D eigenvalue weighted by atomic mass is 9.87. The highest BCUT2D eigenvalue weighted by atomic mass is 31.2. The largest absolute Gasteiger partial charge is 0.459 e. The van der Waals surface area contributed by atoms with Crippen LogP contribution in [0, 0.1) is 5.41 Å². The quantitative estimate of drug-likeness (QED) is 0.282. The molecule has 0 bridgehead atoms. The van der Waals surface area contributed by atoms with Crippen molar-refractivity contribution in [3.05, 3.63) is 65.7 Å². The molecule has 1 aliphatic heterocycles. The number of ether oxygens (including phenoxy) is 1. The Bertz CT molecular complexity index is 1220. The second kappa shape index (κ2) is 13.6. The average molecular weight is 571 g/mol. The monoisotopic (exact) mass is 570 g/mol.